The molecule has 0 bridgehead atoms. The van der Waals surface area contributed by atoms with Gasteiger partial charge in [-0.1, -0.05) is 20.8 Å². The van der Waals surface area contributed by atoms with Crippen LogP contribution < -0.4 is 4.74 Å². The second kappa shape index (κ2) is 7.02. The minimum Gasteiger partial charge on any atom is -0.478 e. The molecule has 5 heteroatoms. The Morgan fingerprint density at radius 1 is 1.04 bits per heavy atom. The number of rotatable bonds is 3. The molecule has 1 aromatic carbocycles. The quantitative estimate of drug-likeness (QED) is 0.655. The zero-order valence-electron chi connectivity index (χ0n) is 13.9. The lowest BCUT2D eigenvalue weighted by Gasteiger charge is -2.36. The number of carboxylic acid groups (broad SMARTS) is 1. The van der Waals surface area contributed by atoms with Gasteiger partial charge in [-0.05, 0) is 61.3 Å². The van der Waals surface area contributed by atoms with Crippen LogP contribution in [0.25, 0.3) is 0 Å². The van der Waals surface area contributed by atoms with E-state index < -0.39 is 12.1 Å². The molecule has 1 N–H and O–H groups in total. The first-order valence-corrected chi connectivity index (χ1v) is 7.97. The maximum Gasteiger partial charge on any atom is 0.514 e. The van der Waals surface area contributed by atoms with Crippen LogP contribution in [0.5, 0.6) is 5.75 Å². The van der Waals surface area contributed by atoms with E-state index in [4.69, 9.17) is 14.6 Å². The molecule has 5 nitrogen and oxygen atoms in total. The van der Waals surface area contributed by atoms with Crippen LogP contribution in [0.15, 0.2) is 24.3 Å². The largest absolute Gasteiger partial charge is 0.514 e. The fraction of sp³-hybridized carbons (Fsp3) is 0.556. The van der Waals surface area contributed by atoms with Gasteiger partial charge in [-0.3, -0.25) is 0 Å². The molecule has 1 fully saturated rings. The third-order valence-electron chi connectivity index (χ3n) is 4.46. The van der Waals surface area contributed by atoms with Crippen LogP contribution in [0, 0.1) is 11.3 Å². The molecule has 2 rings (SSSR count). The Bertz CT molecular complexity index is 548. The molecule has 1 aliphatic rings. The van der Waals surface area contributed by atoms with Crippen molar-refractivity contribution in [2.24, 2.45) is 11.3 Å². The standard InChI is InChI=1S/C18H24O5/c1-18(2,3)13-6-10-15(11-7-13)23-17(21)22-14-8-4-12(5-9-14)16(19)20/h4-5,8-9,13,15H,6-7,10-11H2,1-3H3,(H,19,20). The van der Waals surface area contributed by atoms with Crippen LogP contribution in [-0.2, 0) is 4.74 Å². The van der Waals surface area contributed by atoms with Gasteiger partial charge in [0.1, 0.15) is 11.9 Å². The minimum absolute atomic E-state index is 0.0978. The third kappa shape index (κ3) is 4.98. The number of carbonyl (C=O) groups is 2. The molecular formula is C18H24O5. The van der Waals surface area contributed by atoms with E-state index in [1.165, 1.54) is 24.3 Å². The van der Waals surface area contributed by atoms with Crippen LogP contribution in [0.4, 0.5) is 4.79 Å². The molecule has 126 valence electrons. The molecule has 0 atom stereocenters. The molecule has 0 aliphatic heterocycles. The highest BCUT2D eigenvalue weighted by molar-refractivity contribution is 5.87. The first-order chi connectivity index (χ1) is 10.8. The van der Waals surface area contributed by atoms with Crippen LogP contribution in [-0.4, -0.2) is 23.3 Å². The average Bonchev–Trinajstić information content (AvgIpc) is 2.47. The summed E-state index contributed by atoms with van der Waals surface area (Å²) in [5.41, 5.74) is 0.434. The Morgan fingerprint density at radius 2 is 1.61 bits per heavy atom. The lowest BCUT2D eigenvalue weighted by atomic mass is 9.72. The van der Waals surface area contributed by atoms with E-state index in [1.807, 2.05) is 0 Å². The van der Waals surface area contributed by atoms with E-state index in [2.05, 4.69) is 20.8 Å². The van der Waals surface area contributed by atoms with Crippen molar-refractivity contribution in [2.45, 2.75) is 52.6 Å². The Morgan fingerprint density at radius 3 is 2.09 bits per heavy atom. The molecule has 0 spiro atoms. The van der Waals surface area contributed by atoms with Crippen molar-refractivity contribution < 1.29 is 24.2 Å². The van der Waals surface area contributed by atoms with Gasteiger partial charge in [-0.15, -0.1) is 0 Å². The summed E-state index contributed by atoms with van der Waals surface area (Å²) in [6, 6.07) is 5.67. The summed E-state index contributed by atoms with van der Waals surface area (Å²) in [5, 5.41) is 8.82. The summed E-state index contributed by atoms with van der Waals surface area (Å²) in [7, 11) is 0. The average molecular weight is 320 g/mol. The summed E-state index contributed by atoms with van der Waals surface area (Å²) in [6.07, 6.45) is 2.99. The number of hydrogen-bond donors (Lipinski definition) is 1. The Labute approximate surface area is 136 Å². The normalized spacial score (nSPS) is 21.5. The molecule has 1 aromatic rings. The molecular weight excluding hydrogens is 296 g/mol. The lowest BCUT2D eigenvalue weighted by molar-refractivity contribution is 0.0213. The van der Waals surface area contributed by atoms with Gasteiger partial charge in [0.25, 0.3) is 0 Å². The van der Waals surface area contributed by atoms with Crippen molar-refractivity contribution in [3.05, 3.63) is 29.8 Å². The maximum absolute atomic E-state index is 11.8. The predicted octanol–water partition coefficient (Wildman–Crippen LogP) is 4.51. The van der Waals surface area contributed by atoms with Crippen LogP contribution in [0.1, 0.15) is 56.8 Å². The summed E-state index contributed by atoms with van der Waals surface area (Å²) >= 11 is 0. The van der Waals surface area contributed by atoms with Gasteiger partial charge in [-0.2, -0.15) is 0 Å². The SMILES string of the molecule is CC(C)(C)C1CCC(OC(=O)Oc2ccc(C(=O)O)cc2)CC1. The van der Waals surface area contributed by atoms with Crippen LogP contribution in [0.2, 0.25) is 0 Å². The highest BCUT2D eigenvalue weighted by atomic mass is 16.7. The van der Waals surface area contributed by atoms with Crippen molar-refractivity contribution in [2.75, 3.05) is 0 Å². The molecule has 1 saturated carbocycles. The first-order valence-electron chi connectivity index (χ1n) is 7.97. The maximum atomic E-state index is 11.8. The minimum atomic E-state index is -1.02. The van der Waals surface area contributed by atoms with Crippen molar-refractivity contribution in [3.8, 4) is 5.75 Å². The Hall–Kier alpha value is -2.04. The summed E-state index contributed by atoms with van der Waals surface area (Å²) in [5.74, 6) is -0.0833. The lowest BCUT2D eigenvalue weighted by Crippen LogP contribution is -2.31. The van der Waals surface area contributed by atoms with Gasteiger partial charge in [0.2, 0.25) is 0 Å². The van der Waals surface area contributed by atoms with E-state index in [1.54, 1.807) is 0 Å². The van der Waals surface area contributed by atoms with Crippen molar-refractivity contribution in [3.63, 3.8) is 0 Å². The highest BCUT2D eigenvalue weighted by Crippen LogP contribution is 2.38. The van der Waals surface area contributed by atoms with E-state index in [9.17, 15) is 9.59 Å². The van der Waals surface area contributed by atoms with E-state index in [0.29, 0.717) is 5.92 Å². The monoisotopic (exact) mass is 320 g/mol. The topological polar surface area (TPSA) is 72.8 Å². The molecule has 0 radical (unpaired) electrons. The second-order valence-corrected chi connectivity index (χ2v) is 7.14. The van der Waals surface area contributed by atoms with Gasteiger partial charge in [0.05, 0.1) is 5.56 Å². The number of hydrogen-bond acceptors (Lipinski definition) is 4. The number of ether oxygens (including phenoxy) is 2. The summed E-state index contributed by atoms with van der Waals surface area (Å²) in [6.45, 7) is 6.73. The molecule has 23 heavy (non-hydrogen) atoms. The first kappa shape index (κ1) is 17.3. The Balaban J connectivity index is 1.80. The molecule has 0 amide bonds. The smallest absolute Gasteiger partial charge is 0.478 e. The van der Waals surface area contributed by atoms with Gasteiger partial charge >= 0.3 is 12.1 Å². The van der Waals surface area contributed by atoms with E-state index in [-0.39, 0.29) is 22.8 Å². The molecule has 0 heterocycles. The van der Waals surface area contributed by atoms with Crippen molar-refractivity contribution >= 4 is 12.1 Å². The van der Waals surface area contributed by atoms with Crippen molar-refractivity contribution in [1.82, 2.24) is 0 Å². The van der Waals surface area contributed by atoms with Crippen molar-refractivity contribution in [1.29, 1.82) is 0 Å². The van der Waals surface area contributed by atoms with Crippen LogP contribution in [0.3, 0.4) is 0 Å². The van der Waals surface area contributed by atoms with Gasteiger partial charge in [-0.25, -0.2) is 9.59 Å². The summed E-state index contributed by atoms with van der Waals surface area (Å²) < 4.78 is 10.4. The number of aromatic carboxylic acids is 1. The molecule has 1 aliphatic carbocycles. The number of benzene rings is 1. The van der Waals surface area contributed by atoms with E-state index >= 15 is 0 Å². The fourth-order valence-corrected chi connectivity index (χ4v) is 2.97. The number of carboxylic acids is 1. The molecule has 0 aromatic heterocycles. The zero-order valence-corrected chi connectivity index (χ0v) is 13.9. The number of carbonyl (C=O) groups excluding carboxylic acids is 1. The highest BCUT2D eigenvalue weighted by Gasteiger charge is 2.31. The summed E-state index contributed by atoms with van der Waals surface area (Å²) in [4.78, 5) is 22.6. The van der Waals surface area contributed by atoms with E-state index in [0.717, 1.165) is 25.7 Å². The third-order valence-corrected chi connectivity index (χ3v) is 4.46. The Kier molecular flexibility index (Phi) is 5.29. The van der Waals surface area contributed by atoms with Crippen LogP contribution >= 0.6 is 0 Å². The molecule has 0 unspecified atom stereocenters. The zero-order chi connectivity index (χ0) is 17.0. The molecule has 0 saturated heterocycles. The predicted molar refractivity (Wildman–Crippen MR) is 85.7 cm³/mol. The fourth-order valence-electron chi connectivity index (χ4n) is 2.97. The van der Waals surface area contributed by atoms with Gasteiger partial charge < -0.3 is 14.6 Å². The second-order valence-electron chi connectivity index (χ2n) is 7.14. The van der Waals surface area contributed by atoms with Gasteiger partial charge in [0.15, 0.2) is 0 Å². The van der Waals surface area contributed by atoms with Gasteiger partial charge in [0, 0.05) is 0 Å².